The van der Waals surface area contributed by atoms with Gasteiger partial charge in [0.25, 0.3) is 0 Å². The molecule has 0 amide bonds. The third-order valence-electron chi connectivity index (χ3n) is 7.98. The summed E-state index contributed by atoms with van der Waals surface area (Å²) >= 11 is 2.23. The van der Waals surface area contributed by atoms with E-state index in [1.165, 1.54) is 23.1 Å². The minimum atomic E-state index is -0.0660. The minimum absolute atomic E-state index is 0.0660. The molecule has 0 spiro atoms. The molecule has 0 heterocycles. The van der Waals surface area contributed by atoms with E-state index in [0.717, 1.165) is 25.7 Å². The first-order valence-corrected chi connectivity index (χ1v) is 11.1. The Morgan fingerprint density at radius 2 is 2.00 bits per heavy atom. The highest BCUT2D eigenvalue weighted by Crippen LogP contribution is 2.65. The molecular weight excluding hydrogens is 423 g/mol. The zero-order valence-electron chi connectivity index (χ0n) is 15.4. The topological polar surface area (TPSA) is 34.1 Å². The van der Waals surface area contributed by atoms with Gasteiger partial charge in [-0.05, 0) is 75.4 Å². The van der Waals surface area contributed by atoms with E-state index in [-0.39, 0.29) is 22.5 Å². The standard InChI is InChI=1S/C22H27IO2/c1-13-10-15(24)11-14-4-5-16-17-6-7-19(20(25)12-23)21(17,2)9-8-18(16)22(13,14)3/h8,10-11,16-17,19H,4-7,9,12H2,1-3H3/t16-,17-,19+,21-,22-/m0/s1. The van der Waals surface area contributed by atoms with E-state index in [9.17, 15) is 9.59 Å². The molecule has 0 saturated heterocycles. The third kappa shape index (κ3) is 2.33. The van der Waals surface area contributed by atoms with Crippen molar-refractivity contribution in [2.75, 3.05) is 4.43 Å². The zero-order chi connectivity index (χ0) is 18.0. The maximum Gasteiger partial charge on any atom is 0.178 e. The molecule has 2 nitrogen and oxygen atoms in total. The number of Topliss-reactive ketones (excluding diaryl/α,β-unsaturated/α-hetero) is 1. The van der Waals surface area contributed by atoms with Crippen LogP contribution in [0.2, 0.25) is 0 Å². The number of carbonyl (C=O) groups is 2. The van der Waals surface area contributed by atoms with Crippen LogP contribution >= 0.6 is 22.6 Å². The maximum atomic E-state index is 12.5. The number of hydrogen-bond donors (Lipinski definition) is 0. The molecule has 2 saturated carbocycles. The van der Waals surface area contributed by atoms with Crippen LogP contribution in [0, 0.1) is 28.6 Å². The number of halogens is 1. The number of carbonyl (C=O) groups excluding carboxylic acids is 2. The van der Waals surface area contributed by atoms with Crippen LogP contribution in [-0.2, 0) is 9.59 Å². The molecule has 0 radical (unpaired) electrons. The summed E-state index contributed by atoms with van der Waals surface area (Å²) in [5.74, 6) is 2.03. The van der Waals surface area contributed by atoms with Gasteiger partial charge in [-0.2, -0.15) is 0 Å². The van der Waals surface area contributed by atoms with Crippen LogP contribution in [-0.4, -0.2) is 16.0 Å². The van der Waals surface area contributed by atoms with Crippen molar-refractivity contribution in [3.63, 3.8) is 0 Å². The summed E-state index contributed by atoms with van der Waals surface area (Å²) in [5.41, 5.74) is 4.12. The highest BCUT2D eigenvalue weighted by Gasteiger charge is 2.57. The molecule has 0 N–H and O–H groups in total. The van der Waals surface area contributed by atoms with Gasteiger partial charge in [-0.3, -0.25) is 9.59 Å². The van der Waals surface area contributed by atoms with Gasteiger partial charge in [0.05, 0.1) is 4.43 Å². The molecular formula is C22H27IO2. The summed E-state index contributed by atoms with van der Waals surface area (Å²) in [7, 11) is 0. The Hall–Kier alpha value is -0.710. The first-order valence-electron chi connectivity index (χ1n) is 9.55. The Bertz CT molecular complexity index is 743. The van der Waals surface area contributed by atoms with Crippen LogP contribution in [0.5, 0.6) is 0 Å². The summed E-state index contributed by atoms with van der Waals surface area (Å²) in [6.07, 6.45) is 11.6. The average molecular weight is 450 g/mol. The molecule has 2 fully saturated rings. The Labute approximate surface area is 164 Å². The summed E-state index contributed by atoms with van der Waals surface area (Å²) in [4.78, 5) is 24.5. The van der Waals surface area contributed by atoms with E-state index in [1.54, 1.807) is 0 Å². The number of allylic oxidation sites excluding steroid dienone is 6. The van der Waals surface area contributed by atoms with Crippen LogP contribution in [0.25, 0.3) is 0 Å². The van der Waals surface area contributed by atoms with Crippen molar-refractivity contribution in [2.24, 2.45) is 28.6 Å². The lowest BCUT2D eigenvalue weighted by Crippen LogP contribution is -2.45. The van der Waals surface area contributed by atoms with Crippen molar-refractivity contribution < 1.29 is 9.59 Å². The Balaban J connectivity index is 1.76. The maximum absolute atomic E-state index is 12.5. The predicted octanol–water partition coefficient (Wildman–Crippen LogP) is 5.22. The number of fused-ring (bicyclic) bond motifs is 5. The lowest BCUT2D eigenvalue weighted by atomic mass is 9.50. The van der Waals surface area contributed by atoms with Gasteiger partial charge in [0.1, 0.15) is 5.78 Å². The van der Waals surface area contributed by atoms with Gasteiger partial charge in [-0.25, -0.2) is 0 Å². The first kappa shape index (κ1) is 17.7. The van der Waals surface area contributed by atoms with Gasteiger partial charge in [0.15, 0.2) is 5.78 Å². The molecule has 25 heavy (non-hydrogen) atoms. The van der Waals surface area contributed by atoms with Gasteiger partial charge < -0.3 is 0 Å². The van der Waals surface area contributed by atoms with Crippen LogP contribution in [0.1, 0.15) is 52.9 Å². The number of rotatable bonds is 2. The molecule has 5 atom stereocenters. The summed E-state index contributed by atoms with van der Waals surface area (Å²) < 4.78 is 0.639. The highest BCUT2D eigenvalue weighted by atomic mass is 127. The quantitative estimate of drug-likeness (QED) is 0.328. The summed E-state index contributed by atoms with van der Waals surface area (Å²) in [5, 5.41) is 0. The van der Waals surface area contributed by atoms with Gasteiger partial charge in [0, 0.05) is 11.3 Å². The first-order chi connectivity index (χ1) is 11.8. The largest absolute Gasteiger partial charge is 0.299 e. The van der Waals surface area contributed by atoms with Crippen molar-refractivity contribution >= 4 is 34.2 Å². The van der Waals surface area contributed by atoms with E-state index in [2.05, 4.69) is 49.4 Å². The van der Waals surface area contributed by atoms with Gasteiger partial charge in [0.2, 0.25) is 0 Å². The van der Waals surface area contributed by atoms with E-state index >= 15 is 0 Å². The second kappa shape index (κ2) is 5.90. The van der Waals surface area contributed by atoms with Gasteiger partial charge in [-0.1, -0.05) is 52.3 Å². The molecule has 0 aromatic heterocycles. The normalized spacial score (nSPS) is 42.6. The van der Waals surface area contributed by atoms with E-state index in [1.807, 2.05) is 12.2 Å². The van der Waals surface area contributed by atoms with E-state index in [0.29, 0.717) is 22.0 Å². The van der Waals surface area contributed by atoms with Crippen LogP contribution in [0.15, 0.2) is 34.9 Å². The molecule has 134 valence electrons. The molecule has 0 unspecified atom stereocenters. The Kier molecular flexibility index (Phi) is 4.17. The molecule has 0 aromatic carbocycles. The SMILES string of the molecule is CC1=CC(=O)C=C2CC[C@@H]3C(=CC[C@]4(C)[C@@H](C(=O)CI)CC[C@@H]34)[C@@]12C. The second-order valence-corrected chi connectivity index (χ2v) is 9.64. The summed E-state index contributed by atoms with van der Waals surface area (Å²) in [6.45, 7) is 6.81. The molecule has 4 aliphatic rings. The molecule has 0 bridgehead atoms. The van der Waals surface area contributed by atoms with Crippen LogP contribution < -0.4 is 0 Å². The Morgan fingerprint density at radius 1 is 1.24 bits per heavy atom. The fourth-order valence-electron chi connectivity index (χ4n) is 6.48. The van der Waals surface area contributed by atoms with Crippen LogP contribution in [0.4, 0.5) is 0 Å². The highest BCUT2D eigenvalue weighted by molar-refractivity contribution is 14.1. The number of alkyl halides is 1. The lowest BCUT2D eigenvalue weighted by molar-refractivity contribution is -0.124. The van der Waals surface area contributed by atoms with Crippen molar-refractivity contribution in [3.8, 4) is 0 Å². The number of hydrogen-bond acceptors (Lipinski definition) is 2. The zero-order valence-corrected chi connectivity index (χ0v) is 17.6. The van der Waals surface area contributed by atoms with Crippen molar-refractivity contribution in [1.29, 1.82) is 0 Å². The Morgan fingerprint density at radius 3 is 2.72 bits per heavy atom. The molecule has 0 aliphatic heterocycles. The van der Waals surface area contributed by atoms with E-state index in [4.69, 9.17) is 0 Å². The molecule has 4 aliphatic carbocycles. The minimum Gasteiger partial charge on any atom is -0.299 e. The monoisotopic (exact) mass is 450 g/mol. The predicted molar refractivity (Wildman–Crippen MR) is 109 cm³/mol. The molecule has 4 rings (SSSR count). The van der Waals surface area contributed by atoms with Gasteiger partial charge in [-0.15, -0.1) is 0 Å². The third-order valence-corrected chi connectivity index (χ3v) is 8.74. The lowest BCUT2D eigenvalue weighted by Gasteiger charge is -2.53. The molecule has 3 heteroatoms. The fourth-order valence-corrected chi connectivity index (χ4v) is 7.02. The summed E-state index contributed by atoms with van der Waals surface area (Å²) in [6, 6.07) is 0. The smallest absolute Gasteiger partial charge is 0.178 e. The van der Waals surface area contributed by atoms with Crippen LogP contribution in [0.3, 0.4) is 0 Å². The second-order valence-electron chi connectivity index (χ2n) is 8.88. The van der Waals surface area contributed by atoms with Crippen molar-refractivity contribution in [2.45, 2.75) is 52.9 Å². The van der Waals surface area contributed by atoms with Crippen molar-refractivity contribution in [3.05, 3.63) is 34.9 Å². The molecule has 0 aromatic rings. The fraction of sp³-hybridized carbons (Fsp3) is 0.636. The van der Waals surface area contributed by atoms with Crippen molar-refractivity contribution in [1.82, 2.24) is 0 Å². The number of ketones is 2. The average Bonchev–Trinajstić information content (AvgIpc) is 2.93. The van der Waals surface area contributed by atoms with E-state index < -0.39 is 0 Å². The van der Waals surface area contributed by atoms with Gasteiger partial charge >= 0.3 is 0 Å².